The second kappa shape index (κ2) is 12.7. The summed E-state index contributed by atoms with van der Waals surface area (Å²) in [5.74, 6) is 3.68. The molecular formula is C22H29ClIN3O5. The number of nitrogens with one attached hydrogen (secondary N) is 2. The Morgan fingerprint density at radius 1 is 0.969 bits per heavy atom. The van der Waals surface area contributed by atoms with Crippen molar-refractivity contribution in [3.05, 3.63) is 40.4 Å². The van der Waals surface area contributed by atoms with E-state index in [1.54, 1.807) is 21.3 Å². The van der Waals surface area contributed by atoms with Crippen molar-refractivity contribution in [2.75, 3.05) is 41.1 Å². The summed E-state index contributed by atoms with van der Waals surface area (Å²) in [4.78, 5) is 4.66. The third kappa shape index (κ3) is 6.38. The molecule has 32 heavy (non-hydrogen) atoms. The summed E-state index contributed by atoms with van der Waals surface area (Å²) < 4.78 is 27.4. The SMILES string of the molecule is CCNC(=NCc1cc(Cl)c2c(c1)OCCO2)NCc1cc(OC)c(OC)c(OC)c1.I. The number of guanidine groups is 1. The maximum absolute atomic E-state index is 6.33. The maximum atomic E-state index is 6.33. The largest absolute Gasteiger partial charge is 0.493 e. The van der Waals surface area contributed by atoms with Crippen LogP contribution in [-0.2, 0) is 13.1 Å². The molecule has 1 heterocycles. The third-order valence-electron chi connectivity index (χ3n) is 4.61. The van der Waals surface area contributed by atoms with Gasteiger partial charge in [-0.3, -0.25) is 0 Å². The highest BCUT2D eigenvalue weighted by Crippen LogP contribution is 2.39. The molecule has 0 bridgehead atoms. The summed E-state index contributed by atoms with van der Waals surface area (Å²) in [7, 11) is 4.77. The Hall–Kier alpha value is -2.27. The van der Waals surface area contributed by atoms with Gasteiger partial charge < -0.3 is 34.3 Å². The van der Waals surface area contributed by atoms with E-state index >= 15 is 0 Å². The minimum absolute atomic E-state index is 0. The van der Waals surface area contributed by atoms with E-state index in [4.69, 9.17) is 35.3 Å². The lowest BCUT2D eigenvalue weighted by atomic mass is 10.2. The summed E-state index contributed by atoms with van der Waals surface area (Å²) in [6.45, 7) is 4.70. The standard InChI is InChI=1S/C22H28ClN3O5.HI/c1-5-24-22(25-12-14-8-16(23)20-19(11-14)30-6-7-31-20)26-13-15-9-17(27-2)21(29-4)18(10-15)28-3;/h8-11H,5-7,12-13H2,1-4H3,(H2,24,25,26);1H. The van der Waals surface area contributed by atoms with E-state index in [0.29, 0.717) is 66.0 Å². The van der Waals surface area contributed by atoms with Crippen molar-refractivity contribution in [2.24, 2.45) is 4.99 Å². The zero-order valence-corrected chi connectivity index (χ0v) is 21.7. The van der Waals surface area contributed by atoms with Crippen molar-refractivity contribution < 1.29 is 23.7 Å². The highest BCUT2D eigenvalue weighted by molar-refractivity contribution is 14.0. The van der Waals surface area contributed by atoms with Crippen molar-refractivity contribution in [3.63, 3.8) is 0 Å². The second-order valence-corrected chi connectivity index (χ2v) is 7.09. The van der Waals surface area contributed by atoms with Gasteiger partial charge in [-0.15, -0.1) is 24.0 Å². The first-order chi connectivity index (χ1) is 15.1. The van der Waals surface area contributed by atoms with Gasteiger partial charge in [0.1, 0.15) is 13.2 Å². The molecule has 2 N–H and O–H groups in total. The van der Waals surface area contributed by atoms with Gasteiger partial charge in [-0.2, -0.15) is 0 Å². The van der Waals surface area contributed by atoms with Crippen LogP contribution in [0.15, 0.2) is 29.3 Å². The van der Waals surface area contributed by atoms with Crippen LogP contribution in [0, 0.1) is 0 Å². The number of methoxy groups -OCH3 is 3. The Labute approximate surface area is 210 Å². The van der Waals surface area contributed by atoms with Gasteiger partial charge in [-0.25, -0.2) is 4.99 Å². The van der Waals surface area contributed by atoms with Crippen molar-refractivity contribution >= 4 is 41.5 Å². The molecule has 0 unspecified atom stereocenters. The summed E-state index contributed by atoms with van der Waals surface area (Å²) in [5, 5.41) is 7.09. The van der Waals surface area contributed by atoms with Crippen LogP contribution in [0.5, 0.6) is 28.7 Å². The molecule has 0 aromatic heterocycles. The van der Waals surface area contributed by atoms with E-state index in [-0.39, 0.29) is 24.0 Å². The lowest BCUT2D eigenvalue weighted by Crippen LogP contribution is -2.36. The molecule has 2 aromatic rings. The number of nitrogens with zero attached hydrogens (tertiary/aromatic N) is 1. The van der Waals surface area contributed by atoms with Crippen LogP contribution in [0.25, 0.3) is 0 Å². The summed E-state index contributed by atoms with van der Waals surface area (Å²) >= 11 is 6.33. The van der Waals surface area contributed by atoms with E-state index in [2.05, 4.69) is 15.6 Å². The molecule has 0 radical (unpaired) electrons. The number of fused-ring (bicyclic) bond motifs is 1. The van der Waals surface area contributed by atoms with Gasteiger partial charge in [-0.05, 0) is 42.3 Å². The van der Waals surface area contributed by atoms with Crippen LogP contribution in [-0.4, -0.2) is 47.0 Å². The van der Waals surface area contributed by atoms with Crippen LogP contribution in [0.3, 0.4) is 0 Å². The molecule has 0 saturated carbocycles. The molecule has 0 aliphatic carbocycles. The average molecular weight is 578 g/mol. The monoisotopic (exact) mass is 577 g/mol. The molecule has 2 aromatic carbocycles. The highest BCUT2D eigenvalue weighted by atomic mass is 127. The Kier molecular flexibility index (Phi) is 10.3. The average Bonchev–Trinajstić information content (AvgIpc) is 2.80. The molecule has 3 rings (SSSR count). The van der Waals surface area contributed by atoms with E-state index in [1.807, 2.05) is 31.2 Å². The topological polar surface area (TPSA) is 82.6 Å². The summed E-state index contributed by atoms with van der Waals surface area (Å²) in [6.07, 6.45) is 0. The molecular weight excluding hydrogens is 549 g/mol. The van der Waals surface area contributed by atoms with Crippen LogP contribution >= 0.6 is 35.6 Å². The van der Waals surface area contributed by atoms with E-state index in [0.717, 1.165) is 17.7 Å². The number of hydrogen-bond acceptors (Lipinski definition) is 6. The first-order valence-corrected chi connectivity index (χ1v) is 10.4. The molecule has 0 amide bonds. The Morgan fingerprint density at radius 2 is 1.66 bits per heavy atom. The molecule has 10 heteroatoms. The smallest absolute Gasteiger partial charge is 0.203 e. The van der Waals surface area contributed by atoms with E-state index in [9.17, 15) is 0 Å². The van der Waals surface area contributed by atoms with Gasteiger partial charge in [0.15, 0.2) is 29.0 Å². The summed E-state index contributed by atoms with van der Waals surface area (Å²) in [5.41, 5.74) is 1.89. The number of aliphatic imine (C=N–C) groups is 1. The van der Waals surface area contributed by atoms with E-state index in [1.165, 1.54) is 0 Å². The number of benzene rings is 2. The van der Waals surface area contributed by atoms with Gasteiger partial charge in [0.05, 0.1) is 32.9 Å². The Morgan fingerprint density at radius 3 is 2.28 bits per heavy atom. The predicted octanol–water partition coefficient (Wildman–Crippen LogP) is 4.01. The molecule has 0 saturated heterocycles. The minimum Gasteiger partial charge on any atom is -0.493 e. The number of ether oxygens (including phenoxy) is 5. The lowest BCUT2D eigenvalue weighted by Gasteiger charge is -2.20. The Balaban J connectivity index is 0.00000363. The zero-order valence-electron chi connectivity index (χ0n) is 18.6. The Bertz CT molecular complexity index is 917. The fourth-order valence-electron chi connectivity index (χ4n) is 3.19. The number of hydrogen-bond donors (Lipinski definition) is 2. The van der Waals surface area contributed by atoms with Gasteiger partial charge in [0, 0.05) is 13.1 Å². The fourth-order valence-corrected chi connectivity index (χ4v) is 3.48. The lowest BCUT2D eigenvalue weighted by molar-refractivity contribution is 0.171. The van der Waals surface area contributed by atoms with Gasteiger partial charge in [-0.1, -0.05) is 11.6 Å². The second-order valence-electron chi connectivity index (χ2n) is 6.68. The molecule has 1 aliphatic rings. The molecule has 0 atom stereocenters. The quantitative estimate of drug-likeness (QED) is 0.279. The highest BCUT2D eigenvalue weighted by Gasteiger charge is 2.17. The molecule has 0 fully saturated rings. The first-order valence-electron chi connectivity index (χ1n) is 9.98. The van der Waals surface area contributed by atoms with Crippen molar-refractivity contribution in [1.29, 1.82) is 0 Å². The molecule has 0 spiro atoms. The summed E-state index contributed by atoms with van der Waals surface area (Å²) in [6, 6.07) is 7.56. The van der Waals surface area contributed by atoms with Crippen LogP contribution in [0.4, 0.5) is 0 Å². The number of halogens is 2. The number of rotatable bonds is 8. The van der Waals surface area contributed by atoms with Gasteiger partial charge in [0.25, 0.3) is 0 Å². The molecule has 8 nitrogen and oxygen atoms in total. The third-order valence-corrected chi connectivity index (χ3v) is 4.89. The minimum atomic E-state index is 0. The first kappa shape index (κ1) is 26.0. The zero-order chi connectivity index (χ0) is 22.2. The normalized spacial score (nSPS) is 12.5. The van der Waals surface area contributed by atoms with Crippen LogP contribution in [0.2, 0.25) is 5.02 Å². The van der Waals surface area contributed by atoms with Gasteiger partial charge in [0.2, 0.25) is 5.75 Å². The maximum Gasteiger partial charge on any atom is 0.203 e. The van der Waals surface area contributed by atoms with E-state index < -0.39 is 0 Å². The van der Waals surface area contributed by atoms with Crippen LogP contribution < -0.4 is 34.3 Å². The van der Waals surface area contributed by atoms with Crippen molar-refractivity contribution in [2.45, 2.75) is 20.0 Å². The molecule has 176 valence electrons. The van der Waals surface area contributed by atoms with Crippen molar-refractivity contribution in [3.8, 4) is 28.7 Å². The van der Waals surface area contributed by atoms with Gasteiger partial charge >= 0.3 is 0 Å². The fraction of sp³-hybridized carbons (Fsp3) is 0.409. The van der Waals surface area contributed by atoms with Crippen molar-refractivity contribution in [1.82, 2.24) is 10.6 Å². The predicted molar refractivity (Wildman–Crippen MR) is 136 cm³/mol. The molecule has 1 aliphatic heterocycles. The van der Waals surface area contributed by atoms with Crippen LogP contribution in [0.1, 0.15) is 18.1 Å².